The average Bonchev–Trinajstić information content (AvgIpc) is 2.49. The largest absolute Gasteiger partial charge is 0.325 e. The molecule has 0 bridgehead atoms. The Morgan fingerprint density at radius 3 is 2.50 bits per heavy atom. The minimum atomic E-state index is -0.602. The molecule has 2 rings (SSSR count). The Morgan fingerprint density at radius 1 is 1.18 bits per heavy atom. The number of halogens is 2. The summed E-state index contributed by atoms with van der Waals surface area (Å²) >= 11 is 0.861. The summed E-state index contributed by atoms with van der Waals surface area (Å²) in [5.41, 5.74) is 0.296. The SMILES string of the molecule is O=C(CSc1cc(F)ccc1F)Nc1ccc([N+](=O)[O-])cc1. The molecule has 0 saturated carbocycles. The van der Waals surface area contributed by atoms with Crippen LogP contribution in [-0.4, -0.2) is 16.6 Å². The van der Waals surface area contributed by atoms with Crippen molar-refractivity contribution < 1.29 is 18.5 Å². The third kappa shape index (κ3) is 4.26. The highest BCUT2D eigenvalue weighted by Gasteiger charge is 2.09. The Bertz CT molecular complexity index is 708. The minimum absolute atomic E-state index is 0.0406. The number of thioether (sulfide) groups is 1. The van der Waals surface area contributed by atoms with Crippen LogP contribution in [0.2, 0.25) is 0 Å². The van der Waals surface area contributed by atoms with Gasteiger partial charge in [-0.05, 0) is 30.3 Å². The van der Waals surface area contributed by atoms with Gasteiger partial charge in [-0.1, -0.05) is 0 Å². The summed E-state index contributed by atoms with van der Waals surface area (Å²) in [5, 5.41) is 13.0. The Labute approximate surface area is 128 Å². The fourth-order valence-electron chi connectivity index (χ4n) is 1.59. The number of benzene rings is 2. The molecule has 114 valence electrons. The number of carbonyl (C=O) groups excluding carboxylic acids is 1. The van der Waals surface area contributed by atoms with Crippen molar-refractivity contribution in [2.24, 2.45) is 0 Å². The van der Waals surface area contributed by atoms with E-state index in [1.165, 1.54) is 24.3 Å². The highest BCUT2D eigenvalue weighted by Crippen LogP contribution is 2.23. The van der Waals surface area contributed by atoms with Gasteiger partial charge < -0.3 is 5.32 Å². The summed E-state index contributed by atoms with van der Waals surface area (Å²) in [6.07, 6.45) is 0. The number of nitrogens with zero attached hydrogens (tertiary/aromatic N) is 1. The summed E-state index contributed by atoms with van der Waals surface area (Å²) in [6, 6.07) is 8.30. The van der Waals surface area contributed by atoms with Crippen LogP contribution in [0.15, 0.2) is 47.4 Å². The first kappa shape index (κ1) is 15.9. The van der Waals surface area contributed by atoms with E-state index in [0.717, 1.165) is 30.0 Å². The van der Waals surface area contributed by atoms with Gasteiger partial charge in [0.1, 0.15) is 11.6 Å². The number of amides is 1. The molecular formula is C14H10F2N2O3S. The molecule has 0 unspecified atom stereocenters. The van der Waals surface area contributed by atoms with E-state index in [0.29, 0.717) is 5.69 Å². The van der Waals surface area contributed by atoms with Crippen LogP contribution >= 0.6 is 11.8 Å². The quantitative estimate of drug-likeness (QED) is 0.518. The van der Waals surface area contributed by atoms with E-state index in [1.54, 1.807) is 0 Å². The van der Waals surface area contributed by atoms with Crippen LogP contribution in [-0.2, 0) is 4.79 Å². The molecule has 0 aliphatic heterocycles. The standard InChI is InChI=1S/C14H10F2N2O3S/c15-9-1-6-12(16)13(7-9)22-8-14(19)17-10-2-4-11(5-3-10)18(20)21/h1-7H,8H2,(H,17,19). The molecule has 0 heterocycles. The number of nitro groups is 1. The molecule has 0 radical (unpaired) electrons. The predicted octanol–water partition coefficient (Wildman–Crippen LogP) is 3.60. The molecule has 22 heavy (non-hydrogen) atoms. The molecule has 0 aliphatic rings. The van der Waals surface area contributed by atoms with Gasteiger partial charge in [-0.15, -0.1) is 11.8 Å². The van der Waals surface area contributed by atoms with Gasteiger partial charge in [0.05, 0.1) is 10.7 Å². The molecular weight excluding hydrogens is 314 g/mol. The summed E-state index contributed by atoms with van der Waals surface area (Å²) < 4.78 is 26.4. The zero-order valence-electron chi connectivity index (χ0n) is 11.1. The van der Waals surface area contributed by atoms with Gasteiger partial charge in [0, 0.05) is 22.7 Å². The lowest BCUT2D eigenvalue weighted by Gasteiger charge is -2.06. The average molecular weight is 324 g/mol. The molecule has 1 N–H and O–H groups in total. The normalized spacial score (nSPS) is 10.3. The molecule has 0 aliphatic carbocycles. The summed E-state index contributed by atoms with van der Waals surface area (Å²) in [5.74, 6) is -1.73. The van der Waals surface area contributed by atoms with Crippen molar-refractivity contribution in [2.45, 2.75) is 4.90 Å². The first-order valence-corrected chi connectivity index (χ1v) is 7.06. The smallest absolute Gasteiger partial charge is 0.269 e. The number of non-ortho nitro benzene ring substituents is 1. The second kappa shape index (κ2) is 6.99. The van der Waals surface area contributed by atoms with Crippen molar-refractivity contribution in [1.82, 2.24) is 0 Å². The topological polar surface area (TPSA) is 72.2 Å². The summed E-state index contributed by atoms with van der Waals surface area (Å²) in [6.45, 7) is 0. The van der Waals surface area contributed by atoms with Crippen LogP contribution in [0.3, 0.4) is 0 Å². The maximum atomic E-state index is 13.4. The molecule has 8 heteroatoms. The predicted molar refractivity (Wildman–Crippen MR) is 78.8 cm³/mol. The van der Waals surface area contributed by atoms with Crippen LogP contribution in [0, 0.1) is 21.7 Å². The molecule has 2 aromatic rings. The van der Waals surface area contributed by atoms with Gasteiger partial charge in [0.25, 0.3) is 5.69 Å². The van der Waals surface area contributed by atoms with Gasteiger partial charge in [0.15, 0.2) is 0 Å². The van der Waals surface area contributed by atoms with E-state index < -0.39 is 22.5 Å². The molecule has 0 aromatic heterocycles. The van der Waals surface area contributed by atoms with E-state index in [4.69, 9.17) is 0 Å². The summed E-state index contributed by atoms with van der Waals surface area (Å²) in [4.78, 5) is 21.7. The van der Waals surface area contributed by atoms with Gasteiger partial charge >= 0.3 is 0 Å². The fraction of sp³-hybridized carbons (Fsp3) is 0.0714. The van der Waals surface area contributed by atoms with E-state index >= 15 is 0 Å². The number of hydrogen-bond acceptors (Lipinski definition) is 4. The molecule has 1 amide bonds. The van der Waals surface area contributed by atoms with Gasteiger partial charge in [-0.2, -0.15) is 0 Å². The lowest BCUT2D eigenvalue weighted by Crippen LogP contribution is -2.14. The third-order valence-electron chi connectivity index (χ3n) is 2.61. The Hall–Kier alpha value is -2.48. The van der Waals surface area contributed by atoms with E-state index in [1.807, 2.05) is 0 Å². The van der Waals surface area contributed by atoms with Gasteiger partial charge in [0.2, 0.25) is 5.91 Å². The lowest BCUT2D eigenvalue weighted by molar-refractivity contribution is -0.384. The van der Waals surface area contributed by atoms with E-state index in [9.17, 15) is 23.7 Å². The molecule has 2 aromatic carbocycles. The van der Waals surface area contributed by atoms with Crippen molar-refractivity contribution in [3.05, 3.63) is 64.2 Å². The van der Waals surface area contributed by atoms with Crippen molar-refractivity contribution in [1.29, 1.82) is 0 Å². The number of carbonyl (C=O) groups is 1. The van der Waals surface area contributed by atoms with Crippen LogP contribution < -0.4 is 5.32 Å². The maximum absolute atomic E-state index is 13.4. The molecule has 0 fully saturated rings. The monoisotopic (exact) mass is 324 g/mol. The molecule has 0 spiro atoms. The zero-order valence-corrected chi connectivity index (χ0v) is 11.9. The van der Waals surface area contributed by atoms with Crippen molar-refractivity contribution in [3.63, 3.8) is 0 Å². The highest BCUT2D eigenvalue weighted by atomic mass is 32.2. The van der Waals surface area contributed by atoms with Crippen LogP contribution in [0.1, 0.15) is 0 Å². The second-order valence-corrected chi connectivity index (χ2v) is 5.23. The Balaban J connectivity index is 1.92. The molecule has 0 atom stereocenters. The third-order valence-corrected chi connectivity index (χ3v) is 3.64. The Kier molecular flexibility index (Phi) is 5.05. The lowest BCUT2D eigenvalue weighted by atomic mass is 10.3. The van der Waals surface area contributed by atoms with Gasteiger partial charge in [-0.3, -0.25) is 14.9 Å². The van der Waals surface area contributed by atoms with Crippen LogP contribution in [0.4, 0.5) is 20.2 Å². The number of hydrogen-bond donors (Lipinski definition) is 1. The molecule has 5 nitrogen and oxygen atoms in total. The van der Waals surface area contributed by atoms with Crippen molar-refractivity contribution in [2.75, 3.05) is 11.1 Å². The first-order chi connectivity index (χ1) is 10.5. The second-order valence-electron chi connectivity index (χ2n) is 4.22. The first-order valence-electron chi connectivity index (χ1n) is 6.08. The van der Waals surface area contributed by atoms with Crippen LogP contribution in [0.5, 0.6) is 0 Å². The maximum Gasteiger partial charge on any atom is 0.269 e. The van der Waals surface area contributed by atoms with Gasteiger partial charge in [-0.25, -0.2) is 8.78 Å². The number of nitrogens with one attached hydrogen (secondary N) is 1. The number of rotatable bonds is 5. The fourth-order valence-corrected chi connectivity index (χ4v) is 2.36. The van der Waals surface area contributed by atoms with E-state index in [-0.39, 0.29) is 16.3 Å². The number of nitro benzene ring substituents is 1. The molecule has 0 saturated heterocycles. The van der Waals surface area contributed by atoms with Crippen molar-refractivity contribution >= 4 is 29.0 Å². The summed E-state index contributed by atoms with van der Waals surface area (Å²) in [7, 11) is 0. The highest BCUT2D eigenvalue weighted by molar-refractivity contribution is 8.00. The van der Waals surface area contributed by atoms with Crippen molar-refractivity contribution in [3.8, 4) is 0 Å². The minimum Gasteiger partial charge on any atom is -0.325 e. The zero-order chi connectivity index (χ0) is 16.1. The van der Waals surface area contributed by atoms with Crippen LogP contribution in [0.25, 0.3) is 0 Å². The Morgan fingerprint density at radius 2 is 1.86 bits per heavy atom. The number of anilines is 1. The van der Waals surface area contributed by atoms with E-state index in [2.05, 4.69) is 5.32 Å².